The second kappa shape index (κ2) is 4.97. The van der Waals surface area contributed by atoms with E-state index in [1.807, 2.05) is 0 Å². The third kappa shape index (κ3) is 2.17. The lowest BCUT2D eigenvalue weighted by Crippen LogP contribution is -2.21. The van der Waals surface area contributed by atoms with Gasteiger partial charge in [0.05, 0.1) is 10.9 Å². The third-order valence-electron chi connectivity index (χ3n) is 2.11. The second-order valence-electron chi connectivity index (χ2n) is 3.10. The van der Waals surface area contributed by atoms with E-state index in [1.165, 1.54) is 13.1 Å². The van der Waals surface area contributed by atoms with Crippen LogP contribution in [-0.2, 0) is 4.79 Å². The number of amides is 1. The molecule has 2 aromatic rings. The average Bonchev–Trinajstić information content (AvgIpc) is 2.35. The molecular formula is C10H11N3O4. The van der Waals surface area contributed by atoms with Gasteiger partial charge in [-0.25, -0.2) is 4.98 Å². The normalized spacial score (nSPS) is 9.47. The molecule has 0 atom stereocenters. The third-order valence-corrected chi connectivity index (χ3v) is 2.11. The summed E-state index contributed by atoms with van der Waals surface area (Å²) in [6.07, 6.45) is 1.68. The van der Waals surface area contributed by atoms with Crippen LogP contribution in [0.1, 0.15) is 5.56 Å². The maximum Gasteiger partial charge on any atom is 0.291 e. The van der Waals surface area contributed by atoms with Crippen LogP contribution in [0.15, 0.2) is 23.1 Å². The molecule has 0 aromatic carbocycles. The highest BCUT2D eigenvalue weighted by atomic mass is 16.5. The highest BCUT2D eigenvalue weighted by Gasteiger charge is 2.12. The van der Waals surface area contributed by atoms with Crippen molar-refractivity contribution in [3.63, 3.8) is 0 Å². The lowest BCUT2D eigenvalue weighted by atomic mass is 10.2. The molecule has 1 amide bonds. The molecule has 0 aliphatic heterocycles. The summed E-state index contributed by atoms with van der Waals surface area (Å²) in [6.45, 7) is 1.44. The molecule has 0 saturated heterocycles. The van der Waals surface area contributed by atoms with Crippen molar-refractivity contribution in [2.45, 2.75) is 6.92 Å². The summed E-state index contributed by atoms with van der Waals surface area (Å²) in [5.41, 5.74) is 3.67. The first-order valence-electron chi connectivity index (χ1n) is 4.58. The van der Waals surface area contributed by atoms with Crippen LogP contribution in [0.5, 0.6) is 5.75 Å². The maximum atomic E-state index is 11.3. The zero-order valence-electron chi connectivity index (χ0n) is 8.99. The molecule has 7 nitrogen and oxygen atoms in total. The number of carbonyl (C=O) groups is 1. The van der Waals surface area contributed by atoms with Gasteiger partial charge in [0.2, 0.25) is 6.41 Å². The molecule has 7 heteroatoms. The molecule has 0 radical (unpaired) electrons. The van der Waals surface area contributed by atoms with Crippen molar-refractivity contribution in [2.24, 2.45) is 5.73 Å². The van der Waals surface area contributed by atoms with Gasteiger partial charge in [-0.05, 0) is 19.1 Å². The summed E-state index contributed by atoms with van der Waals surface area (Å²) in [5.74, 6) is -0.136. The van der Waals surface area contributed by atoms with Crippen LogP contribution < -0.4 is 11.3 Å². The first kappa shape index (κ1) is 12.5. The molecule has 2 rings (SSSR count). The van der Waals surface area contributed by atoms with Gasteiger partial charge in [0.15, 0.2) is 5.65 Å². The number of nitrogens with two attached hydrogens (primary N) is 1. The Labute approximate surface area is 95.7 Å². The van der Waals surface area contributed by atoms with Crippen LogP contribution in [0.2, 0.25) is 0 Å². The predicted molar refractivity (Wildman–Crippen MR) is 59.8 cm³/mol. The van der Waals surface area contributed by atoms with Crippen molar-refractivity contribution < 1.29 is 15.1 Å². The number of pyridine rings is 2. The molecule has 0 unspecified atom stereocenters. The van der Waals surface area contributed by atoms with Gasteiger partial charge in [0.25, 0.3) is 5.56 Å². The minimum absolute atomic E-state index is 0.0561. The number of hydrogen-bond acceptors (Lipinski definition) is 5. The molecule has 0 spiro atoms. The topological polar surface area (TPSA) is 118 Å². The van der Waals surface area contributed by atoms with Gasteiger partial charge < -0.3 is 16.0 Å². The molecule has 0 bridgehead atoms. The minimum Gasteiger partial charge on any atom is -0.507 e. The van der Waals surface area contributed by atoms with Gasteiger partial charge in [0, 0.05) is 6.20 Å². The molecule has 90 valence electrons. The van der Waals surface area contributed by atoms with Crippen molar-refractivity contribution in [3.8, 4) is 5.75 Å². The first-order chi connectivity index (χ1) is 8.04. The Hall–Kier alpha value is -2.57. The lowest BCUT2D eigenvalue weighted by Gasteiger charge is -2.05. The molecular weight excluding hydrogens is 226 g/mol. The Balaban J connectivity index is 0.000000437. The number of nitrogens with zero attached hydrogens (tertiary/aromatic N) is 2. The lowest BCUT2D eigenvalue weighted by molar-refractivity contribution is -0.106. The molecule has 2 aromatic heterocycles. The van der Waals surface area contributed by atoms with Crippen LogP contribution in [0, 0.1) is 6.92 Å². The number of aromatic hydroxyl groups is 1. The number of hydrogen-bond donors (Lipinski definition) is 3. The number of aromatic nitrogens is 2. The first-order valence-corrected chi connectivity index (χ1v) is 4.58. The van der Waals surface area contributed by atoms with E-state index in [1.54, 1.807) is 12.1 Å². The zero-order valence-corrected chi connectivity index (χ0v) is 8.99. The molecule has 0 saturated carbocycles. The van der Waals surface area contributed by atoms with Gasteiger partial charge >= 0.3 is 0 Å². The van der Waals surface area contributed by atoms with E-state index in [4.69, 9.17) is 4.79 Å². The van der Waals surface area contributed by atoms with Crippen molar-refractivity contribution >= 4 is 17.4 Å². The highest BCUT2D eigenvalue weighted by molar-refractivity contribution is 5.82. The average molecular weight is 237 g/mol. The SMILES string of the molecule is Cc1c(O)c2cccnc2n(O)c1=O.NC=O. The smallest absolute Gasteiger partial charge is 0.291 e. The van der Waals surface area contributed by atoms with E-state index in [0.717, 1.165) is 0 Å². The fraction of sp³-hybridized carbons (Fsp3) is 0.100. The monoisotopic (exact) mass is 237 g/mol. The molecule has 2 heterocycles. The summed E-state index contributed by atoms with van der Waals surface area (Å²) < 4.78 is 0.435. The van der Waals surface area contributed by atoms with Crippen LogP contribution in [0.25, 0.3) is 11.0 Å². The largest absolute Gasteiger partial charge is 0.507 e. The highest BCUT2D eigenvalue weighted by Crippen LogP contribution is 2.22. The van der Waals surface area contributed by atoms with E-state index in [-0.39, 0.29) is 23.4 Å². The molecule has 4 N–H and O–H groups in total. The van der Waals surface area contributed by atoms with Gasteiger partial charge in [0.1, 0.15) is 5.75 Å². The van der Waals surface area contributed by atoms with E-state index in [2.05, 4.69) is 10.7 Å². The maximum absolute atomic E-state index is 11.3. The summed E-state index contributed by atoms with van der Waals surface area (Å²) in [7, 11) is 0. The van der Waals surface area contributed by atoms with E-state index >= 15 is 0 Å². The fourth-order valence-electron chi connectivity index (χ4n) is 1.31. The van der Waals surface area contributed by atoms with E-state index in [0.29, 0.717) is 10.1 Å². The van der Waals surface area contributed by atoms with E-state index in [9.17, 15) is 15.1 Å². The quantitative estimate of drug-likeness (QED) is 0.431. The number of fused-ring (bicyclic) bond motifs is 1. The summed E-state index contributed by atoms with van der Waals surface area (Å²) >= 11 is 0. The Morgan fingerprint density at radius 3 is 2.71 bits per heavy atom. The summed E-state index contributed by atoms with van der Waals surface area (Å²) in [6, 6.07) is 3.20. The predicted octanol–water partition coefficient (Wildman–Crippen LogP) is -0.251. The van der Waals surface area contributed by atoms with Crippen molar-refractivity contribution in [1.29, 1.82) is 0 Å². The number of carbonyl (C=O) groups excluding carboxylic acids is 1. The summed E-state index contributed by atoms with van der Waals surface area (Å²) in [4.78, 5) is 23.7. The number of rotatable bonds is 0. The minimum atomic E-state index is -0.659. The molecule has 0 aliphatic carbocycles. The van der Waals surface area contributed by atoms with Crippen molar-refractivity contribution in [2.75, 3.05) is 0 Å². The van der Waals surface area contributed by atoms with Crippen molar-refractivity contribution in [1.82, 2.24) is 9.71 Å². The Kier molecular flexibility index (Phi) is 3.66. The second-order valence-corrected chi connectivity index (χ2v) is 3.10. The Morgan fingerprint density at radius 2 is 2.12 bits per heavy atom. The van der Waals surface area contributed by atoms with Crippen LogP contribution in [-0.4, -0.2) is 26.4 Å². The van der Waals surface area contributed by atoms with Gasteiger partial charge in [-0.3, -0.25) is 9.59 Å². The summed E-state index contributed by atoms with van der Waals surface area (Å²) in [5, 5.41) is 19.3. The molecule has 17 heavy (non-hydrogen) atoms. The molecule has 0 fully saturated rings. The van der Waals surface area contributed by atoms with Gasteiger partial charge in [-0.15, -0.1) is 4.73 Å². The van der Waals surface area contributed by atoms with Crippen LogP contribution in [0.3, 0.4) is 0 Å². The fourth-order valence-corrected chi connectivity index (χ4v) is 1.31. The van der Waals surface area contributed by atoms with Crippen molar-refractivity contribution in [3.05, 3.63) is 34.2 Å². The van der Waals surface area contributed by atoms with Gasteiger partial charge in [-0.1, -0.05) is 0 Å². The Morgan fingerprint density at radius 1 is 1.53 bits per heavy atom. The van der Waals surface area contributed by atoms with Crippen LogP contribution >= 0.6 is 0 Å². The van der Waals surface area contributed by atoms with Crippen LogP contribution in [0.4, 0.5) is 0 Å². The zero-order chi connectivity index (χ0) is 13.0. The molecule has 0 aliphatic rings. The Bertz CT molecular complexity index is 606. The number of primary amides is 1. The van der Waals surface area contributed by atoms with E-state index < -0.39 is 5.56 Å². The van der Waals surface area contributed by atoms with Gasteiger partial charge in [-0.2, -0.15) is 0 Å². The standard InChI is InChI=1S/C9H8N2O3.CH3NO/c1-5-7(12)6-3-2-4-10-8(6)11(14)9(5)13;2-1-3/h2-4,12,14H,1H3;1H,(H2,2,3).